The molecule has 0 radical (unpaired) electrons. The molecular formula is C3H8P+. The van der Waals surface area contributed by atoms with E-state index in [4.69, 9.17) is 0 Å². The van der Waals surface area contributed by atoms with Crippen molar-refractivity contribution in [3.8, 4) is 0 Å². The van der Waals surface area contributed by atoms with E-state index in [-0.39, 0.29) is 0 Å². The second-order valence-electron chi connectivity index (χ2n) is 1.08. The summed E-state index contributed by atoms with van der Waals surface area (Å²) in [6, 6.07) is 0. The Morgan fingerprint density at radius 2 is 1.50 bits per heavy atom. The Morgan fingerprint density at radius 3 is 1.50 bits per heavy atom. The van der Waals surface area contributed by atoms with Gasteiger partial charge in [0, 0.05) is 0 Å². The van der Waals surface area contributed by atoms with Gasteiger partial charge in [-0.1, -0.05) is 0 Å². The third kappa shape index (κ3) is 103. The fourth-order valence-corrected chi connectivity index (χ4v) is 0. The van der Waals surface area contributed by atoms with Gasteiger partial charge in [0.1, 0.15) is 0 Å². The van der Waals surface area contributed by atoms with Crippen LogP contribution in [0.4, 0.5) is 0 Å². The first-order valence-electron chi connectivity index (χ1n) is 1.29. The van der Waals surface area contributed by atoms with Crippen molar-refractivity contribution in [2.45, 2.75) is 13.8 Å². The first-order chi connectivity index (χ1) is 1.73. The molecule has 0 aromatic carbocycles. The van der Waals surface area contributed by atoms with Crippen LogP contribution in [0.5, 0.6) is 0 Å². The molecule has 0 amide bonds. The highest BCUT2D eigenvalue weighted by molar-refractivity contribution is 7.20. The van der Waals surface area contributed by atoms with Gasteiger partial charge in [0.05, 0.1) is 14.2 Å². The van der Waals surface area contributed by atoms with Crippen LogP contribution >= 0.6 is 8.86 Å². The largest absolute Gasteiger partial charge is 0.0869 e. The van der Waals surface area contributed by atoms with E-state index < -0.39 is 0 Å². The number of rotatable bonds is 0. The summed E-state index contributed by atoms with van der Waals surface area (Å²) in [6.45, 7) is 4.09. The Hall–Kier alpha value is 0.170. The first-order valence-corrected chi connectivity index (χ1v) is 1.87. The molecule has 4 heavy (non-hydrogen) atoms. The molecule has 0 heterocycles. The first kappa shape index (κ1) is 4.17. The van der Waals surface area contributed by atoms with E-state index in [2.05, 4.69) is 8.86 Å². The molecule has 0 spiro atoms. The Morgan fingerprint density at radius 1 is 1.50 bits per heavy atom. The van der Waals surface area contributed by atoms with Crippen molar-refractivity contribution in [3.63, 3.8) is 0 Å². The van der Waals surface area contributed by atoms with Gasteiger partial charge in [-0.15, -0.1) is 0 Å². The van der Waals surface area contributed by atoms with Gasteiger partial charge in [0.15, 0.2) is 0 Å². The SMILES string of the molecule is CC(C)=[PH2+]. The molecule has 0 nitrogen and oxygen atoms in total. The zero-order valence-electron chi connectivity index (χ0n) is 3.08. The van der Waals surface area contributed by atoms with Crippen LogP contribution in [0.1, 0.15) is 13.8 Å². The summed E-state index contributed by atoms with van der Waals surface area (Å²) in [5, 5.41) is 1.33. The van der Waals surface area contributed by atoms with E-state index in [0.717, 1.165) is 0 Å². The molecule has 24 valence electrons. The second-order valence-corrected chi connectivity index (χ2v) is 2.23. The molecule has 0 aliphatic rings. The predicted molar refractivity (Wildman–Crippen MR) is 26.1 cm³/mol. The molecule has 0 N–H and O–H groups in total. The number of hydrogen-bond acceptors (Lipinski definition) is 0. The average Bonchev–Trinajstić information content (AvgIpc) is 0.811. The normalized spacial score (nSPS) is 6.50. The van der Waals surface area contributed by atoms with Crippen LogP contribution in [-0.2, 0) is 0 Å². The fraction of sp³-hybridized carbons (Fsp3) is 0.667. The van der Waals surface area contributed by atoms with E-state index in [9.17, 15) is 0 Å². The lowest BCUT2D eigenvalue weighted by molar-refractivity contribution is 1.85. The smallest absolute Gasteiger partial charge is 0.00464 e. The quantitative estimate of drug-likeness (QED) is 0.378. The summed E-state index contributed by atoms with van der Waals surface area (Å²) in [4.78, 5) is 0. The second kappa shape index (κ2) is 1.49. The predicted octanol–water partition coefficient (Wildman–Crippen LogP) is 1.07. The Kier molecular flexibility index (Phi) is 1.55. The molecule has 0 aliphatic heterocycles. The van der Waals surface area contributed by atoms with Crippen molar-refractivity contribution in [1.82, 2.24) is 0 Å². The van der Waals surface area contributed by atoms with E-state index in [1.54, 1.807) is 0 Å². The molecule has 1 unspecified atom stereocenters. The molecule has 0 aromatic rings. The molecule has 0 aromatic heterocycles. The Balaban J connectivity index is 2.80. The zero-order valence-corrected chi connectivity index (χ0v) is 4.23. The van der Waals surface area contributed by atoms with Gasteiger partial charge >= 0.3 is 0 Å². The highest BCUT2D eigenvalue weighted by Crippen LogP contribution is 1.66. The van der Waals surface area contributed by atoms with Crippen molar-refractivity contribution in [2.24, 2.45) is 0 Å². The molecule has 0 rings (SSSR count). The van der Waals surface area contributed by atoms with Crippen molar-refractivity contribution >= 4 is 14.2 Å². The summed E-state index contributed by atoms with van der Waals surface area (Å²) >= 11 is 0. The van der Waals surface area contributed by atoms with Gasteiger partial charge in [-0.2, -0.15) is 0 Å². The van der Waals surface area contributed by atoms with Crippen molar-refractivity contribution in [2.75, 3.05) is 0 Å². The van der Waals surface area contributed by atoms with Crippen LogP contribution in [-0.4, -0.2) is 5.29 Å². The molecule has 0 aliphatic carbocycles. The van der Waals surface area contributed by atoms with E-state index in [1.807, 2.05) is 13.8 Å². The van der Waals surface area contributed by atoms with E-state index in [1.165, 1.54) is 5.29 Å². The minimum atomic E-state index is 1.33. The fourth-order valence-electron chi connectivity index (χ4n) is 0. The molecule has 0 saturated heterocycles. The van der Waals surface area contributed by atoms with Gasteiger partial charge in [-0.3, -0.25) is 0 Å². The number of hydrogen-bond donors (Lipinski definition) is 0. The van der Waals surface area contributed by atoms with E-state index >= 15 is 0 Å². The summed E-state index contributed by atoms with van der Waals surface area (Å²) in [6.07, 6.45) is 0. The van der Waals surface area contributed by atoms with Crippen LogP contribution in [0.3, 0.4) is 0 Å². The maximum atomic E-state index is 2.57. The van der Waals surface area contributed by atoms with Crippen LogP contribution in [0.25, 0.3) is 0 Å². The van der Waals surface area contributed by atoms with Crippen LogP contribution in [0, 0.1) is 0 Å². The monoisotopic (exact) mass is 75.0 g/mol. The molecule has 0 fully saturated rings. The summed E-state index contributed by atoms with van der Waals surface area (Å²) in [7, 11) is 2.57. The van der Waals surface area contributed by atoms with Gasteiger partial charge in [0.25, 0.3) is 0 Å². The van der Waals surface area contributed by atoms with Crippen molar-refractivity contribution < 1.29 is 0 Å². The third-order valence-corrected chi connectivity index (χ3v) is 0. The van der Waals surface area contributed by atoms with Crippen LogP contribution < -0.4 is 0 Å². The molecule has 1 atom stereocenters. The van der Waals surface area contributed by atoms with Crippen LogP contribution in [0.15, 0.2) is 0 Å². The van der Waals surface area contributed by atoms with E-state index in [0.29, 0.717) is 0 Å². The summed E-state index contributed by atoms with van der Waals surface area (Å²) in [5.41, 5.74) is 0. The lowest BCUT2D eigenvalue weighted by Crippen LogP contribution is -1.62. The molecular weight excluding hydrogens is 67.0 g/mol. The minimum Gasteiger partial charge on any atom is -0.00464 e. The molecule has 0 bridgehead atoms. The maximum Gasteiger partial charge on any atom is 0.0869 e. The molecule has 1 heteroatoms. The lowest BCUT2D eigenvalue weighted by atomic mass is 10.6. The lowest BCUT2D eigenvalue weighted by Gasteiger charge is -1.53. The van der Waals surface area contributed by atoms with Gasteiger partial charge in [-0.25, -0.2) is 0 Å². The topological polar surface area (TPSA) is 0 Å². The molecule has 0 saturated carbocycles. The Labute approximate surface area is 29.1 Å². The third-order valence-electron chi connectivity index (χ3n) is 0. The van der Waals surface area contributed by atoms with Gasteiger partial charge in [-0.05, 0) is 13.8 Å². The van der Waals surface area contributed by atoms with Crippen molar-refractivity contribution in [3.05, 3.63) is 0 Å². The van der Waals surface area contributed by atoms with Gasteiger partial charge in [0.2, 0.25) is 0 Å². The zero-order chi connectivity index (χ0) is 3.58. The standard InChI is InChI=1S/C3H7P/c1-3(2)4/h4H,1-2H3/p+1. The highest BCUT2D eigenvalue weighted by atomic mass is 31.0. The average molecular weight is 75.1 g/mol. The summed E-state index contributed by atoms with van der Waals surface area (Å²) < 4.78 is 0. The minimum absolute atomic E-state index is 1.33. The maximum absolute atomic E-state index is 2.57. The highest BCUT2D eigenvalue weighted by Gasteiger charge is 1.63. The van der Waals surface area contributed by atoms with Crippen molar-refractivity contribution in [1.29, 1.82) is 0 Å². The van der Waals surface area contributed by atoms with Crippen LogP contribution in [0.2, 0.25) is 0 Å². The Bertz CT molecular complexity index is 26.3. The van der Waals surface area contributed by atoms with Gasteiger partial charge < -0.3 is 0 Å². The summed E-state index contributed by atoms with van der Waals surface area (Å²) in [5.74, 6) is 0.